The van der Waals surface area contributed by atoms with Crippen LogP contribution in [0, 0.1) is 0 Å². The van der Waals surface area contributed by atoms with Crippen molar-refractivity contribution in [3.05, 3.63) is 54.1 Å². The van der Waals surface area contributed by atoms with E-state index in [1.807, 2.05) is 37.3 Å². The van der Waals surface area contributed by atoms with Crippen LogP contribution in [0.15, 0.2) is 53.4 Å². The van der Waals surface area contributed by atoms with Crippen LogP contribution in [0.2, 0.25) is 0 Å². The number of ether oxygens (including phenoxy) is 1. The number of thioether (sulfide) groups is 1. The summed E-state index contributed by atoms with van der Waals surface area (Å²) in [5, 5.41) is 3.19. The minimum absolute atomic E-state index is 0.553. The molecule has 2 nitrogen and oxygen atoms in total. The summed E-state index contributed by atoms with van der Waals surface area (Å²) >= 11 is 0.553. The highest BCUT2D eigenvalue weighted by Crippen LogP contribution is 2.31. The van der Waals surface area contributed by atoms with Gasteiger partial charge >= 0.3 is 0 Å². The highest BCUT2D eigenvalue weighted by atomic mass is 32.2. The molecule has 5 heteroatoms. The first-order valence-corrected chi connectivity index (χ1v) is 7.56. The van der Waals surface area contributed by atoms with E-state index in [4.69, 9.17) is 4.74 Å². The van der Waals surface area contributed by atoms with Crippen molar-refractivity contribution in [3.63, 3.8) is 0 Å². The van der Waals surface area contributed by atoms with Crippen LogP contribution in [0.4, 0.5) is 14.5 Å². The van der Waals surface area contributed by atoms with Crippen LogP contribution in [0.5, 0.6) is 5.75 Å². The van der Waals surface area contributed by atoms with Crippen LogP contribution in [0.3, 0.4) is 0 Å². The molecule has 0 spiro atoms. The fourth-order valence-corrected chi connectivity index (χ4v) is 2.50. The van der Waals surface area contributed by atoms with E-state index in [9.17, 15) is 8.78 Å². The maximum atomic E-state index is 12.5. The zero-order valence-electron chi connectivity index (χ0n) is 11.7. The van der Waals surface area contributed by atoms with Gasteiger partial charge in [-0.15, -0.1) is 0 Å². The molecule has 0 heterocycles. The van der Waals surface area contributed by atoms with Crippen molar-refractivity contribution in [1.82, 2.24) is 0 Å². The summed E-state index contributed by atoms with van der Waals surface area (Å²) in [5.74, 6) is -1.59. The Bertz CT molecular complexity index is 560. The van der Waals surface area contributed by atoms with Crippen molar-refractivity contribution in [2.75, 3.05) is 11.9 Å². The molecular weight excluding hydrogens is 292 g/mol. The van der Waals surface area contributed by atoms with E-state index in [1.165, 1.54) is 0 Å². The number of nitrogens with one attached hydrogen (secondary N) is 1. The molecule has 112 valence electrons. The fourth-order valence-electron chi connectivity index (χ4n) is 1.88. The third kappa shape index (κ3) is 4.93. The first-order chi connectivity index (χ1) is 10.2. The largest absolute Gasteiger partial charge is 0.494 e. The maximum absolute atomic E-state index is 12.5. The number of hydrogen-bond acceptors (Lipinski definition) is 3. The summed E-state index contributed by atoms with van der Waals surface area (Å²) in [7, 11) is 0. The van der Waals surface area contributed by atoms with Gasteiger partial charge in [0.2, 0.25) is 0 Å². The number of rotatable bonds is 7. The molecule has 0 fully saturated rings. The van der Waals surface area contributed by atoms with E-state index in [2.05, 4.69) is 5.32 Å². The Kier molecular flexibility index (Phi) is 5.87. The van der Waals surface area contributed by atoms with E-state index >= 15 is 0 Å². The van der Waals surface area contributed by atoms with Crippen LogP contribution in [0.25, 0.3) is 0 Å². The van der Waals surface area contributed by atoms with Crippen LogP contribution >= 0.6 is 11.8 Å². The van der Waals surface area contributed by atoms with E-state index in [-0.39, 0.29) is 0 Å². The second-order valence-electron chi connectivity index (χ2n) is 4.31. The summed E-state index contributed by atoms with van der Waals surface area (Å²) in [6.07, 6.45) is 0. The van der Waals surface area contributed by atoms with Gasteiger partial charge in [-0.25, -0.2) is 0 Å². The van der Waals surface area contributed by atoms with E-state index < -0.39 is 5.76 Å². The first-order valence-electron chi connectivity index (χ1n) is 6.68. The van der Waals surface area contributed by atoms with Gasteiger partial charge in [-0.05, 0) is 36.8 Å². The molecule has 2 aromatic carbocycles. The van der Waals surface area contributed by atoms with Gasteiger partial charge < -0.3 is 10.1 Å². The Morgan fingerprint density at radius 3 is 2.48 bits per heavy atom. The van der Waals surface area contributed by atoms with Gasteiger partial charge in [0.05, 0.1) is 6.61 Å². The Labute approximate surface area is 127 Å². The third-order valence-electron chi connectivity index (χ3n) is 2.82. The van der Waals surface area contributed by atoms with Crippen molar-refractivity contribution in [2.45, 2.75) is 24.1 Å². The summed E-state index contributed by atoms with van der Waals surface area (Å²) in [6, 6.07) is 14.8. The van der Waals surface area contributed by atoms with Crippen molar-refractivity contribution in [2.24, 2.45) is 0 Å². The Morgan fingerprint density at radius 1 is 1.10 bits per heavy atom. The zero-order chi connectivity index (χ0) is 15.1. The molecule has 0 bridgehead atoms. The number of halogens is 2. The van der Waals surface area contributed by atoms with Crippen LogP contribution < -0.4 is 10.1 Å². The predicted molar refractivity (Wildman–Crippen MR) is 83.2 cm³/mol. The standard InChI is InChI=1S/C16H17F2NOS/c1-2-20-13-9-7-12(8-10-13)11-19-14-5-3-4-6-15(14)21-16(17)18/h3-10,16,19H,2,11H2,1H3. The first kappa shape index (κ1) is 15.6. The minimum Gasteiger partial charge on any atom is -0.494 e. The van der Waals surface area contributed by atoms with Gasteiger partial charge in [0, 0.05) is 17.1 Å². The molecule has 2 aromatic rings. The van der Waals surface area contributed by atoms with Crippen molar-refractivity contribution < 1.29 is 13.5 Å². The van der Waals surface area contributed by atoms with E-state index in [1.54, 1.807) is 18.2 Å². The van der Waals surface area contributed by atoms with Crippen molar-refractivity contribution in [3.8, 4) is 5.75 Å². The maximum Gasteiger partial charge on any atom is 0.288 e. The molecule has 0 unspecified atom stereocenters. The molecule has 0 aliphatic carbocycles. The molecule has 0 saturated carbocycles. The highest BCUT2D eigenvalue weighted by molar-refractivity contribution is 7.99. The average Bonchev–Trinajstić information content (AvgIpc) is 2.48. The molecule has 0 aliphatic heterocycles. The van der Waals surface area contributed by atoms with E-state index in [0.717, 1.165) is 17.0 Å². The molecule has 0 saturated heterocycles. The second-order valence-corrected chi connectivity index (χ2v) is 5.34. The Morgan fingerprint density at radius 2 is 1.81 bits per heavy atom. The van der Waals surface area contributed by atoms with Crippen LogP contribution in [0.1, 0.15) is 12.5 Å². The number of benzene rings is 2. The molecule has 0 radical (unpaired) electrons. The lowest BCUT2D eigenvalue weighted by Crippen LogP contribution is -2.01. The molecular formula is C16H17F2NOS. The monoisotopic (exact) mass is 309 g/mol. The van der Waals surface area contributed by atoms with Gasteiger partial charge in [0.25, 0.3) is 5.76 Å². The summed E-state index contributed by atoms with van der Waals surface area (Å²) < 4.78 is 30.4. The van der Waals surface area contributed by atoms with Crippen LogP contribution in [-0.2, 0) is 6.54 Å². The van der Waals surface area contributed by atoms with Crippen molar-refractivity contribution >= 4 is 17.4 Å². The summed E-state index contributed by atoms with van der Waals surface area (Å²) in [6.45, 7) is 3.15. The lowest BCUT2D eigenvalue weighted by molar-refractivity contribution is 0.252. The van der Waals surface area contributed by atoms with Crippen LogP contribution in [-0.4, -0.2) is 12.4 Å². The lowest BCUT2D eigenvalue weighted by atomic mass is 10.2. The average molecular weight is 309 g/mol. The summed E-state index contributed by atoms with van der Waals surface area (Å²) in [5.41, 5.74) is 1.78. The lowest BCUT2D eigenvalue weighted by Gasteiger charge is -2.11. The predicted octanol–water partition coefficient (Wildman–Crippen LogP) is 5.01. The molecule has 1 N–H and O–H groups in total. The van der Waals surface area contributed by atoms with E-state index in [0.29, 0.717) is 29.8 Å². The van der Waals surface area contributed by atoms with Crippen molar-refractivity contribution in [1.29, 1.82) is 0 Å². The Balaban J connectivity index is 1.99. The van der Waals surface area contributed by atoms with Gasteiger partial charge in [-0.3, -0.25) is 0 Å². The SMILES string of the molecule is CCOc1ccc(CNc2ccccc2SC(F)F)cc1. The number of anilines is 1. The molecule has 0 aromatic heterocycles. The van der Waals surface area contributed by atoms with Gasteiger partial charge in [-0.1, -0.05) is 36.0 Å². The molecule has 0 amide bonds. The minimum atomic E-state index is -2.42. The van der Waals surface area contributed by atoms with Gasteiger partial charge in [-0.2, -0.15) is 8.78 Å². The summed E-state index contributed by atoms with van der Waals surface area (Å²) in [4.78, 5) is 0.554. The molecule has 21 heavy (non-hydrogen) atoms. The third-order valence-corrected chi connectivity index (χ3v) is 3.61. The molecule has 2 rings (SSSR count). The highest BCUT2D eigenvalue weighted by Gasteiger charge is 2.09. The molecule has 0 aliphatic rings. The normalized spacial score (nSPS) is 10.7. The number of alkyl halides is 2. The zero-order valence-corrected chi connectivity index (χ0v) is 12.5. The topological polar surface area (TPSA) is 21.3 Å². The Hall–Kier alpha value is -1.75. The second kappa shape index (κ2) is 7.88. The smallest absolute Gasteiger partial charge is 0.288 e. The fraction of sp³-hybridized carbons (Fsp3) is 0.250. The quantitative estimate of drug-likeness (QED) is 0.726. The van der Waals surface area contributed by atoms with Gasteiger partial charge in [0.1, 0.15) is 5.75 Å². The number of para-hydroxylation sites is 1. The molecule has 0 atom stereocenters. The number of hydrogen-bond donors (Lipinski definition) is 1. The van der Waals surface area contributed by atoms with Gasteiger partial charge in [0.15, 0.2) is 0 Å².